The third-order valence-corrected chi connectivity index (χ3v) is 0.775. The second-order valence-electron chi connectivity index (χ2n) is 2.10. The van der Waals surface area contributed by atoms with Crippen LogP contribution >= 0.6 is 0 Å². The number of alkyl halides is 2. The molecule has 5 heteroatoms. The maximum atomic E-state index is 12.4. The van der Waals surface area contributed by atoms with Gasteiger partial charge in [0.2, 0.25) is 0 Å². The molecule has 60 valence electrons. The second kappa shape index (κ2) is 3.34. The van der Waals surface area contributed by atoms with E-state index < -0.39 is 25.1 Å². The molecule has 0 aliphatic heterocycles. The van der Waals surface area contributed by atoms with E-state index in [2.05, 4.69) is 4.74 Å². The molecule has 0 heterocycles. The van der Waals surface area contributed by atoms with Crippen LogP contribution in [0.4, 0.5) is 13.6 Å². The third-order valence-electron chi connectivity index (χ3n) is 0.775. The number of carboxylic acid groups (broad SMARTS) is 1. The summed E-state index contributed by atoms with van der Waals surface area (Å²) in [7, 11) is 0. The minimum atomic E-state index is -2.20. The summed E-state index contributed by atoms with van der Waals surface area (Å²) < 4.78 is 27.8. The molecular formula is C5H8F2O3. The first-order chi connectivity index (χ1) is 4.48. The predicted octanol–water partition coefficient (Wildman–Crippen LogP) is 1.38. The summed E-state index contributed by atoms with van der Waals surface area (Å²) in [5.41, 5.74) is -2.20. The molecule has 0 aromatic heterocycles. The summed E-state index contributed by atoms with van der Waals surface area (Å²) >= 11 is 0. The van der Waals surface area contributed by atoms with Crippen LogP contribution in [-0.2, 0) is 4.74 Å². The largest absolute Gasteiger partial charge is 0.505 e. The van der Waals surface area contributed by atoms with Gasteiger partial charge in [-0.05, 0) is 6.92 Å². The summed E-state index contributed by atoms with van der Waals surface area (Å²) in [6.07, 6.45) is -1.60. The molecule has 0 saturated carbocycles. The van der Waals surface area contributed by atoms with Crippen molar-refractivity contribution in [1.29, 1.82) is 0 Å². The first-order valence-corrected chi connectivity index (χ1v) is 2.58. The summed E-state index contributed by atoms with van der Waals surface area (Å²) in [5, 5.41) is 7.86. The average Bonchev–Trinajstić information content (AvgIpc) is 1.85. The van der Waals surface area contributed by atoms with Crippen LogP contribution in [0.5, 0.6) is 0 Å². The highest BCUT2D eigenvalue weighted by molar-refractivity contribution is 5.56. The van der Waals surface area contributed by atoms with Crippen LogP contribution < -0.4 is 0 Å². The molecule has 1 N–H and O–H groups in total. The number of carbonyl (C=O) groups is 1. The summed E-state index contributed by atoms with van der Waals surface area (Å²) in [5.74, 6) is 0. The van der Waals surface area contributed by atoms with Crippen molar-refractivity contribution in [2.75, 3.05) is 13.3 Å². The average molecular weight is 154 g/mol. The van der Waals surface area contributed by atoms with E-state index in [1.165, 1.54) is 0 Å². The molecule has 1 atom stereocenters. The Kier molecular flexibility index (Phi) is 3.05. The smallest absolute Gasteiger partial charge is 0.450 e. The zero-order valence-electron chi connectivity index (χ0n) is 5.43. The van der Waals surface area contributed by atoms with Crippen LogP contribution in [0.1, 0.15) is 6.92 Å². The lowest BCUT2D eigenvalue weighted by molar-refractivity contribution is 0.0201. The van der Waals surface area contributed by atoms with Crippen LogP contribution in [0.2, 0.25) is 0 Å². The van der Waals surface area contributed by atoms with Gasteiger partial charge in [-0.1, -0.05) is 0 Å². The van der Waals surface area contributed by atoms with Gasteiger partial charge in [-0.15, -0.1) is 0 Å². The fraction of sp³-hybridized carbons (Fsp3) is 0.800. The van der Waals surface area contributed by atoms with Gasteiger partial charge in [0, 0.05) is 0 Å². The summed E-state index contributed by atoms with van der Waals surface area (Å²) in [6.45, 7) is -1.09. The lowest BCUT2D eigenvalue weighted by atomic mass is 10.2. The van der Waals surface area contributed by atoms with E-state index in [4.69, 9.17) is 5.11 Å². The summed E-state index contributed by atoms with van der Waals surface area (Å²) in [4.78, 5) is 9.65. The van der Waals surface area contributed by atoms with E-state index in [-0.39, 0.29) is 0 Å². The fourth-order valence-electron chi connectivity index (χ4n) is 0.251. The van der Waals surface area contributed by atoms with Crippen molar-refractivity contribution < 1.29 is 23.4 Å². The molecule has 10 heavy (non-hydrogen) atoms. The fourth-order valence-corrected chi connectivity index (χ4v) is 0.251. The molecule has 0 saturated heterocycles. The van der Waals surface area contributed by atoms with Gasteiger partial charge in [-0.3, -0.25) is 0 Å². The zero-order chi connectivity index (χ0) is 8.20. The second-order valence-corrected chi connectivity index (χ2v) is 2.10. The summed E-state index contributed by atoms with van der Waals surface area (Å²) in [6, 6.07) is 0. The van der Waals surface area contributed by atoms with Crippen LogP contribution in [0.15, 0.2) is 0 Å². The number of halogens is 2. The van der Waals surface area contributed by atoms with E-state index in [0.29, 0.717) is 0 Å². The quantitative estimate of drug-likeness (QED) is 0.624. The van der Waals surface area contributed by atoms with Gasteiger partial charge in [-0.25, -0.2) is 13.6 Å². The standard InChI is InChI=1S/C5H8F2O3/c1-5(7,2-6)3-10-4(8)9/h2-3H2,1H3,(H,8,9). The Balaban J connectivity index is 3.56. The van der Waals surface area contributed by atoms with E-state index in [9.17, 15) is 13.6 Å². The maximum absolute atomic E-state index is 12.4. The molecule has 0 aromatic rings. The van der Waals surface area contributed by atoms with Gasteiger partial charge in [0.05, 0.1) is 0 Å². The number of ether oxygens (including phenoxy) is 1. The van der Waals surface area contributed by atoms with Crippen molar-refractivity contribution in [2.24, 2.45) is 0 Å². The lowest BCUT2D eigenvalue weighted by Crippen LogP contribution is -2.28. The number of rotatable bonds is 3. The van der Waals surface area contributed by atoms with Crippen molar-refractivity contribution >= 4 is 6.16 Å². The van der Waals surface area contributed by atoms with Crippen molar-refractivity contribution in [2.45, 2.75) is 12.6 Å². The Hall–Kier alpha value is -0.870. The zero-order valence-corrected chi connectivity index (χ0v) is 5.43. The SMILES string of the molecule is CC(F)(CF)COC(=O)O. The molecule has 0 aromatic carbocycles. The molecule has 0 rings (SSSR count). The highest BCUT2D eigenvalue weighted by Gasteiger charge is 2.24. The Bertz CT molecular complexity index is 124. The maximum Gasteiger partial charge on any atom is 0.505 e. The highest BCUT2D eigenvalue weighted by Crippen LogP contribution is 2.10. The minimum Gasteiger partial charge on any atom is -0.450 e. The Morgan fingerprint density at radius 3 is 2.60 bits per heavy atom. The molecule has 3 nitrogen and oxygen atoms in total. The van der Waals surface area contributed by atoms with Crippen molar-refractivity contribution in [3.63, 3.8) is 0 Å². The molecule has 0 bridgehead atoms. The Morgan fingerprint density at radius 1 is 1.80 bits per heavy atom. The van der Waals surface area contributed by atoms with Gasteiger partial charge in [0.1, 0.15) is 13.3 Å². The van der Waals surface area contributed by atoms with Crippen LogP contribution in [0.25, 0.3) is 0 Å². The number of hydrogen-bond donors (Lipinski definition) is 1. The predicted molar refractivity (Wildman–Crippen MR) is 29.5 cm³/mol. The molecule has 0 radical (unpaired) electrons. The van der Waals surface area contributed by atoms with E-state index in [0.717, 1.165) is 6.92 Å². The molecule has 0 aliphatic carbocycles. The molecule has 0 aliphatic rings. The highest BCUT2D eigenvalue weighted by atomic mass is 19.2. The van der Waals surface area contributed by atoms with E-state index >= 15 is 0 Å². The first-order valence-electron chi connectivity index (χ1n) is 2.58. The van der Waals surface area contributed by atoms with Crippen LogP contribution in [0, 0.1) is 0 Å². The lowest BCUT2D eigenvalue weighted by Gasteiger charge is -2.13. The molecule has 0 amide bonds. The van der Waals surface area contributed by atoms with E-state index in [1.54, 1.807) is 0 Å². The van der Waals surface area contributed by atoms with Gasteiger partial charge in [-0.2, -0.15) is 0 Å². The van der Waals surface area contributed by atoms with Crippen LogP contribution in [-0.4, -0.2) is 30.2 Å². The number of hydrogen-bond acceptors (Lipinski definition) is 2. The van der Waals surface area contributed by atoms with Gasteiger partial charge >= 0.3 is 6.16 Å². The van der Waals surface area contributed by atoms with Gasteiger partial charge in [0.25, 0.3) is 0 Å². The Labute approximate surface area is 56.6 Å². The topological polar surface area (TPSA) is 46.5 Å². The van der Waals surface area contributed by atoms with Gasteiger partial charge in [0.15, 0.2) is 5.67 Å². The van der Waals surface area contributed by atoms with Gasteiger partial charge < -0.3 is 9.84 Å². The van der Waals surface area contributed by atoms with Crippen molar-refractivity contribution in [3.05, 3.63) is 0 Å². The Morgan fingerprint density at radius 2 is 2.30 bits per heavy atom. The van der Waals surface area contributed by atoms with E-state index in [1.807, 2.05) is 0 Å². The molecular weight excluding hydrogens is 146 g/mol. The third kappa shape index (κ3) is 4.05. The molecule has 0 fully saturated rings. The normalized spacial score (nSPS) is 15.9. The van der Waals surface area contributed by atoms with Crippen LogP contribution in [0.3, 0.4) is 0 Å². The first kappa shape index (κ1) is 9.13. The van der Waals surface area contributed by atoms with Crippen molar-refractivity contribution in [1.82, 2.24) is 0 Å². The van der Waals surface area contributed by atoms with Crippen molar-refractivity contribution in [3.8, 4) is 0 Å². The minimum absolute atomic E-state index is 0.765. The molecule has 1 unspecified atom stereocenters. The molecule has 0 spiro atoms. The monoisotopic (exact) mass is 154 g/mol.